The minimum absolute atomic E-state index is 0.0138. The number of aliphatic hydroxyl groups excluding tert-OH is 1. The molecule has 2 aromatic heterocycles. The van der Waals surface area contributed by atoms with Gasteiger partial charge in [0.25, 0.3) is 0 Å². The van der Waals surface area contributed by atoms with Gasteiger partial charge in [-0.3, -0.25) is 9.79 Å². The molecule has 7 nitrogen and oxygen atoms in total. The fourth-order valence-electron chi connectivity index (χ4n) is 8.66. The molecule has 2 heterocycles. The molecule has 0 radical (unpaired) electrons. The zero-order chi connectivity index (χ0) is 34.4. The van der Waals surface area contributed by atoms with Crippen LogP contribution >= 0.6 is 22.7 Å². The van der Waals surface area contributed by atoms with E-state index in [1.807, 2.05) is 19.1 Å². The Labute approximate surface area is 299 Å². The summed E-state index contributed by atoms with van der Waals surface area (Å²) >= 11 is 3.31. The average Bonchev–Trinajstić information content (AvgIpc) is 3.86. The molecular weight excluding hydrogens is 649 g/mol. The smallest absolute Gasteiger partial charge is 0.189 e. The first-order valence-electron chi connectivity index (χ1n) is 18.2. The lowest BCUT2D eigenvalue weighted by Gasteiger charge is -2.46. The Morgan fingerprint density at radius 2 is 1.78 bits per heavy atom. The summed E-state index contributed by atoms with van der Waals surface area (Å²) in [5.74, 6) is 7.47. The second-order valence-corrected chi connectivity index (χ2v) is 16.8. The molecule has 4 unspecified atom stereocenters. The van der Waals surface area contributed by atoms with Crippen molar-refractivity contribution in [1.29, 1.82) is 0 Å². The molecule has 3 aliphatic rings. The first-order chi connectivity index (χ1) is 23.7. The molecule has 262 valence electrons. The lowest BCUT2D eigenvalue weighted by atomic mass is 9.59. The summed E-state index contributed by atoms with van der Waals surface area (Å²) in [6.45, 7) is 4.00. The van der Waals surface area contributed by atoms with E-state index in [-0.39, 0.29) is 29.2 Å². The highest BCUT2D eigenvalue weighted by Gasteiger charge is 2.50. The maximum atomic E-state index is 14.3. The van der Waals surface area contributed by atoms with Gasteiger partial charge in [-0.1, -0.05) is 38.0 Å². The number of aliphatic imine (C=N–C) groups is 1. The van der Waals surface area contributed by atoms with Crippen molar-refractivity contribution in [3.8, 4) is 27.3 Å². The molecule has 3 aromatic rings. The highest BCUT2D eigenvalue weighted by Crippen LogP contribution is 2.56. The molecule has 0 bridgehead atoms. The molecule has 49 heavy (non-hydrogen) atoms. The third-order valence-electron chi connectivity index (χ3n) is 10.9. The van der Waals surface area contributed by atoms with Crippen LogP contribution in [0.15, 0.2) is 47.5 Å². The van der Waals surface area contributed by atoms with Crippen LogP contribution in [0, 0.1) is 29.1 Å². The van der Waals surface area contributed by atoms with Gasteiger partial charge < -0.3 is 26.6 Å². The topological polar surface area (TPSA) is 120 Å². The van der Waals surface area contributed by atoms with Gasteiger partial charge in [0.05, 0.1) is 21.9 Å². The van der Waals surface area contributed by atoms with E-state index in [1.165, 1.54) is 24.1 Å². The number of ketones is 1. The van der Waals surface area contributed by atoms with Gasteiger partial charge in [0.1, 0.15) is 5.75 Å². The zero-order valence-corrected chi connectivity index (χ0v) is 30.6. The van der Waals surface area contributed by atoms with Gasteiger partial charge in [0, 0.05) is 40.0 Å². The minimum atomic E-state index is -0.499. The summed E-state index contributed by atoms with van der Waals surface area (Å²) in [5.41, 5.74) is 8.43. The number of carbonyl (C=O) groups is 1. The van der Waals surface area contributed by atoms with E-state index >= 15 is 0 Å². The second-order valence-electron chi connectivity index (χ2n) is 14.6. The molecule has 0 amide bonds. The number of anilines is 1. The van der Waals surface area contributed by atoms with Gasteiger partial charge in [0.15, 0.2) is 11.7 Å². The van der Waals surface area contributed by atoms with Gasteiger partial charge >= 0.3 is 0 Å². The Morgan fingerprint density at radius 1 is 1.02 bits per heavy atom. The number of thiophene rings is 2. The molecule has 3 aliphatic carbocycles. The number of guanidine groups is 1. The van der Waals surface area contributed by atoms with Crippen LogP contribution in [0.2, 0.25) is 0 Å². The SMILES string of the molecule is CC#Cc1ccc(-c2ccc(C(=O)C3CCC(C(Cc4cc(O)cc(NCC(C)O)c4)NC(N)=NC4CCCCC4)CC34CCCC4)s2)s1. The maximum Gasteiger partial charge on any atom is 0.189 e. The number of nitrogens with zero attached hydrogens (tertiary/aromatic N) is 1. The predicted molar refractivity (Wildman–Crippen MR) is 204 cm³/mol. The van der Waals surface area contributed by atoms with E-state index in [9.17, 15) is 15.0 Å². The summed E-state index contributed by atoms with van der Waals surface area (Å²) in [4.78, 5) is 23.5. The molecule has 1 spiro atoms. The summed E-state index contributed by atoms with van der Waals surface area (Å²) in [5, 5.41) is 27.4. The Hall–Kier alpha value is -3.32. The molecular formula is C40H52N4O3S2. The van der Waals surface area contributed by atoms with Gasteiger partial charge in [-0.2, -0.15) is 0 Å². The average molecular weight is 701 g/mol. The number of phenolic OH excluding ortho intramolecular Hbond substituents is 1. The number of Topliss-reactive ketones (excluding diaryl/α,β-unsaturated/α-hetero) is 1. The molecule has 1 aromatic carbocycles. The number of hydrogen-bond donors (Lipinski definition) is 5. The van der Waals surface area contributed by atoms with Gasteiger partial charge in [0.2, 0.25) is 0 Å². The Bertz CT molecular complexity index is 1670. The summed E-state index contributed by atoms with van der Waals surface area (Å²) in [6.07, 6.45) is 13.3. The van der Waals surface area contributed by atoms with Crippen molar-refractivity contribution in [2.75, 3.05) is 11.9 Å². The number of nitrogens with one attached hydrogen (secondary N) is 2. The van der Waals surface area contributed by atoms with Crippen LogP contribution in [0.25, 0.3) is 9.75 Å². The molecule has 6 rings (SSSR count). The normalized spacial score (nSPS) is 22.3. The Balaban J connectivity index is 1.23. The lowest BCUT2D eigenvalue weighted by Crippen LogP contribution is -2.50. The molecule has 6 N–H and O–H groups in total. The standard InChI is InChI=1S/C40H52N4O3S2/c1-3-9-32-13-15-35(48-32)36-16-17-37(49-36)38(47)33-14-12-28(24-40(33)18-7-8-19-40)34(44-39(41)43-29-10-5-4-6-11-29)22-27-20-30(23-31(46)21-27)42-25-26(2)45/h13,15-17,20-21,23,26,28-29,33-34,42,45-46H,4-8,10-12,14,18-19,22,24-25H2,1-2H3,(H3,41,43,44). The number of nitrogens with two attached hydrogens (primary N) is 1. The number of hydrogen-bond acceptors (Lipinski definition) is 7. The quantitative estimate of drug-likeness (QED) is 0.0594. The van der Waals surface area contributed by atoms with Crippen LogP contribution < -0.4 is 16.4 Å². The van der Waals surface area contributed by atoms with Crippen molar-refractivity contribution in [2.45, 2.75) is 116 Å². The number of aromatic hydroxyl groups is 1. The number of carbonyl (C=O) groups excluding carboxylic acids is 1. The van der Waals surface area contributed by atoms with E-state index in [2.05, 4.69) is 46.7 Å². The van der Waals surface area contributed by atoms with Crippen LogP contribution in [-0.4, -0.2) is 46.7 Å². The van der Waals surface area contributed by atoms with Crippen LogP contribution in [0.3, 0.4) is 0 Å². The van der Waals surface area contributed by atoms with Crippen molar-refractivity contribution in [3.05, 3.63) is 57.8 Å². The second kappa shape index (κ2) is 16.1. The molecule has 3 fully saturated rings. The lowest BCUT2D eigenvalue weighted by molar-refractivity contribution is 0.0411. The number of rotatable bonds is 11. The largest absolute Gasteiger partial charge is 0.508 e. The van der Waals surface area contributed by atoms with Gasteiger partial charge in [-0.15, -0.1) is 28.6 Å². The van der Waals surface area contributed by atoms with E-state index in [4.69, 9.17) is 10.7 Å². The van der Waals surface area contributed by atoms with E-state index in [1.54, 1.807) is 35.7 Å². The first-order valence-corrected chi connectivity index (χ1v) is 19.9. The summed E-state index contributed by atoms with van der Waals surface area (Å²) in [7, 11) is 0. The number of phenols is 1. The summed E-state index contributed by atoms with van der Waals surface area (Å²) < 4.78 is 0. The van der Waals surface area contributed by atoms with Crippen molar-refractivity contribution in [1.82, 2.24) is 5.32 Å². The predicted octanol–water partition coefficient (Wildman–Crippen LogP) is 8.35. The Morgan fingerprint density at radius 3 is 2.53 bits per heavy atom. The van der Waals surface area contributed by atoms with Crippen molar-refractivity contribution < 1.29 is 15.0 Å². The molecule has 0 saturated heterocycles. The van der Waals surface area contributed by atoms with Crippen LogP contribution in [-0.2, 0) is 6.42 Å². The number of aliphatic hydroxyl groups is 1. The molecule has 9 heteroatoms. The monoisotopic (exact) mass is 700 g/mol. The van der Waals surface area contributed by atoms with Gasteiger partial charge in [-0.05, 0) is 119 Å². The third-order valence-corrected chi connectivity index (χ3v) is 13.2. The maximum absolute atomic E-state index is 14.3. The fourth-order valence-corrected chi connectivity index (χ4v) is 10.7. The van der Waals surface area contributed by atoms with Crippen LogP contribution in [0.1, 0.15) is 111 Å². The van der Waals surface area contributed by atoms with Crippen molar-refractivity contribution in [2.24, 2.45) is 28.0 Å². The van der Waals surface area contributed by atoms with E-state index in [0.717, 1.165) is 83.7 Å². The zero-order valence-electron chi connectivity index (χ0n) is 29.0. The summed E-state index contributed by atoms with van der Waals surface area (Å²) in [6, 6.07) is 14.2. The van der Waals surface area contributed by atoms with Crippen LogP contribution in [0.4, 0.5) is 5.69 Å². The van der Waals surface area contributed by atoms with Crippen molar-refractivity contribution >= 4 is 40.1 Å². The molecule has 3 saturated carbocycles. The van der Waals surface area contributed by atoms with E-state index in [0.29, 0.717) is 30.6 Å². The number of benzene rings is 1. The minimum Gasteiger partial charge on any atom is -0.508 e. The Kier molecular flexibility index (Phi) is 11.7. The third kappa shape index (κ3) is 8.89. The fraction of sp³-hybridized carbons (Fsp3) is 0.550. The molecule has 4 atom stereocenters. The molecule has 0 aliphatic heterocycles. The highest BCUT2D eigenvalue weighted by molar-refractivity contribution is 7.23. The first kappa shape index (κ1) is 35.5. The van der Waals surface area contributed by atoms with Crippen molar-refractivity contribution in [3.63, 3.8) is 0 Å². The van der Waals surface area contributed by atoms with E-state index < -0.39 is 6.10 Å². The highest BCUT2D eigenvalue weighted by atomic mass is 32.1. The van der Waals surface area contributed by atoms with Crippen LogP contribution in [0.5, 0.6) is 5.75 Å². The van der Waals surface area contributed by atoms with Gasteiger partial charge in [-0.25, -0.2) is 0 Å².